The second-order valence-corrected chi connectivity index (χ2v) is 5.38. The van der Waals surface area contributed by atoms with Crippen LogP contribution in [0.5, 0.6) is 0 Å². The average Bonchev–Trinajstić information content (AvgIpc) is 2.80. The van der Waals surface area contributed by atoms with Gasteiger partial charge in [0.15, 0.2) is 5.13 Å². The van der Waals surface area contributed by atoms with Crippen LogP contribution in [0.2, 0.25) is 0 Å². The number of rotatable bonds is 4. The van der Waals surface area contributed by atoms with Crippen LogP contribution in [0.1, 0.15) is 35.8 Å². The largest absolute Gasteiger partial charge is 0.399 e. The molecule has 0 atom stereocenters. The van der Waals surface area contributed by atoms with E-state index in [0.29, 0.717) is 22.9 Å². The number of nitrogen functional groups attached to an aromatic ring is 1. The van der Waals surface area contributed by atoms with Gasteiger partial charge in [-0.2, -0.15) is 0 Å². The number of anilines is 3. The Hall–Kier alpha value is -2.08. The van der Waals surface area contributed by atoms with Crippen LogP contribution in [-0.4, -0.2) is 10.9 Å². The highest BCUT2D eigenvalue weighted by Gasteiger charge is 2.11. The number of hydrogen-bond donors (Lipinski definition) is 3. The summed E-state index contributed by atoms with van der Waals surface area (Å²) < 4.78 is 0. The first kappa shape index (κ1) is 13.4. The maximum absolute atomic E-state index is 11.4. The summed E-state index contributed by atoms with van der Waals surface area (Å²) in [6, 6.07) is 5.00. The van der Waals surface area contributed by atoms with E-state index in [2.05, 4.69) is 24.1 Å². The van der Waals surface area contributed by atoms with Crippen LogP contribution < -0.4 is 16.8 Å². The molecule has 2 rings (SSSR count). The van der Waals surface area contributed by atoms with E-state index in [1.54, 1.807) is 18.2 Å². The zero-order chi connectivity index (χ0) is 14.0. The Labute approximate surface area is 115 Å². The second kappa shape index (κ2) is 5.27. The number of thiazole rings is 1. The van der Waals surface area contributed by atoms with Crippen LogP contribution >= 0.6 is 11.3 Å². The summed E-state index contributed by atoms with van der Waals surface area (Å²) in [7, 11) is 0. The molecule has 0 unspecified atom stereocenters. The number of carbonyl (C=O) groups excluding carboxylic acids is 1. The van der Waals surface area contributed by atoms with Crippen LogP contribution in [0.25, 0.3) is 0 Å². The molecule has 5 N–H and O–H groups in total. The first-order chi connectivity index (χ1) is 8.97. The van der Waals surface area contributed by atoms with Gasteiger partial charge in [-0.3, -0.25) is 4.79 Å². The summed E-state index contributed by atoms with van der Waals surface area (Å²) >= 11 is 1.49. The molecule has 1 amide bonds. The van der Waals surface area contributed by atoms with Crippen LogP contribution in [-0.2, 0) is 0 Å². The number of carbonyl (C=O) groups is 1. The lowest BCUT2D eigenvalue weighted by Gasteiger charge is -2.08. The fraction of sp³-hybridized carbons (Fsp3) is 0.231. The maximum Gasteiger partial charge on any atom is 0.250 e. The van der Waals surface area contributed by atoms with E-state index in [4.69, 9.17) is 11.5 Å². The zero-order valence-corrected chi connectivity index (χ0v) is 11.6. The molecule has 19 heavy (non-hydrogen) atoms. The molecule has 5 nitrogen and oxygen atoms in total. The van der Waals surface area contributed by atoms with Gasteiger partial charge in [-0.1, -0.05) is 13.8 Å². The van der Waals surface area contributed by atoms with Gasteiger partial charge >= 0.3 is 0 Å². The van der Waals surface area contributed by atoms with Crippen LogP contribution in [0.4, 0.5) is 16.5 Å². The van der Waals surface area contributed by atoms with Gasteiger partial charge in [0.25, 0.3) is 5.91 Å². The van der Waals surface area contributed by atoms with Crippen molar-refractivity contribution in [1.29, 1.82) is 0 Å². The fourth-order valence-electron chi connectivity index (χ4n) is 1.60. The van der Waals surface area contributed by atoms with Gasteiger partial charge in [-0.15, -0.1) is 11.3 Å². The minimum atomic E-state index is -0.518. The number of nitrogens with two attached hydrogens (primary N) is 2. The van der Waals surface area contributed by atoms with Crippen LogP contribution in [0, 0.1) is 0 Å². The first-order valence-corrected chi connectivity index (χ1v) is 6.77. The number of aromatic nitrogens is 1. The quantitative estimate of drug-likeness (QED) is 0.748. The Morgan fingerprint density at radius 3 is 2.74 bits per heavy atom. The van der Waals surface area contributed by atoms with E-state index in [-0.39, 0.29) is 0 Å². The molecule has 6 heteroatoms. The van der Waals surface area contributed by atoms with Gasteiger partial charge in [-0.25, -0.2) is 4.98 Å². The van der Waals surface area contributed by atoms with Crippen molar-refractivity contribution in [1.82, 2.24) is 4.98 Å². The normalized spacial score (nSPS) is 10.7. The van der Waals surface area contributed by atoms with Gasteiger partial charge in [0.2, 0.25) is 0 Å². The molecule has 0 aliphatic heterocycles. The highest BCUT2D eigenvalue weighted by molar-refractivity contribution is 7.13. The van der Waals surface area contributed by atoms with Crippen LogP contribution in [0.3, 0.4) is 0 Å². The minimum Gasteiger partial charge on any atom is -0.399 e. The summed E-state index contributed by atoms with van der Waals surface area (Å²) in [5, 5.41) is 5.83. The molecule has 0 aliphatic carbocycles. The maximum atomic E-state index is 11.4. The van der Waals surface area contributed by atoms with Crippen molar-refractivity contribution in [3.8, 4) is 0 Å². The molecule has 0 fully saturated rings. The SMILES string of the molecule is CC(C)c1csc(Nc2ccc(N)cc2C(N)=O)n1. The predicted molar refractivity (Wildman–Crippen MR) is 78.9 cm³/mol. The number of nitrogens with one attached hydrogen (secondary N) is 1. The van der Waals surface area contributed by atoms with Gasteiger partial charge in [0, 0.05) is 11.1 Å². The number of primary amides is 1. The third kappa shape index (κ3) is 3.03. The van der Waals surface area contributed by atoms with Gasteiger partial charge in [-0.05, 0) is 24.1 Å². The highest BCUT2D eigenvalue weighted by Crippen LogP contribution is 2.27. The topological polar surface area (TPSA) is 94.0 Å². The van der Waals surface area contributed by atoms with Crippen molar-refractivity contribution in [2.24, 2.45) is 5.73 Å². The molecule has 100 valence electrons. The van der Waals surface area contributed by atoms with Gasteiger partial charge in [0.1, 0.15) is 0 Å². The zero-order valence-electron chi connectivity index (χ0n) is 10.8. The molecule has 0 aliphatic rings. The van der Waals surface area contributed by atoms with Crippen LogP contribution in [0.15, 0.2) is 23.6 Å². The number of nitrogens with zero attached hydrogens (tertiary/aromatic N) is 1. The molecule has 2 aromatic rings. The minimum absolute atomic E-state index is 0.362. The Bertz CT molecular complexity index is 606. The smallest absolute Gasteiger partial charge is 0.250 e. The average molecular weight is 276 g/mol. The summed E-state index contributed by atoms with van der Waals surface area (Å²) in [6.45, 7) is 4.16. The van der Waals surface area contributed by atoms with E-state index in [0.717, 1.165) is 10.8 Å². The van der Waals surface area contributed by atoms with E-state index >= 15 is 0 Å². The Morgan fingerprint density at radius 2 is 2.16 bits per heavy atom. The van der Waals surface area contributed by atoms with Crippen molar-refractivity contribution >= 4 is 33.8 Å². The van der Waals surface area contributed by atoms with Gasteiger partial charge < -0.3 is 16.8 Å². The third-order valence-corrected chi connectivity index (χ3v) is 3.44. The molecular weight excluding hydrogens is 260 g/mol. The lowest BCUT2D eigenvalue weighted by Crippen LogP contribution is -2.13. The molecule has 1 aromatic carbocycles. The Balaban J connectivity index is 2.29. The Morgan fingerprint density at radius 1 is 1.42 bits per heavy atom. The van der Waals surface area contributed by atoms with Crippen molar-refractivity contribution in [2.45, 2.75) is 19.8 Å². The van der Waals surface area contributed by atoms with Crippen molar-refractivity contribution in [2.75, 3.05) is 11.1 Å². The number of benzene rings is 1. The Kier molecular flexibility index (Phi) is 3.71. The highest BCUT2D eigenvalue weighted by atomic mass is 32.1. The number of hydrogen-bond acceptors (Lipinski definition) is 5. The standard InChI is InChI=1S/C13H16N4OS/c1-7(2)11-6-19-13(17-11)16-10-4-3-8(14)5-9(10)12(15)18/h3-7H,14H2,1-2H3,(H2,15,18)(H,16,17). The predicted octanol–water partition coefficient (Wildman–Crippen LogP) is 2.69. The van der Waals surface area contributed by atoms with E-state index in [1.165, 1.54) is 11.3 Å². The van der Waals surface area contributed by atoms with Gasteiger partial charge in [0.05, 0.1) is 16.9 Å². The van der Waals surface area contributed by atoms with E-state index in [9.17, 15) is 4.79 Å². The third-order valence-electron chi connectivity index (χ3n) is 2.66. The monoisotopic (exact) mass is 276 g/mol. The molecule has 0 saturated heterocycles. The molecule has 0 spiro atoms. The first-order valence-electron chi connectivity index (χ1n) is 5.89. The van der Waals surface area contributed by atoms with E-state index < -0.39 is 5.91 Å². The van der Waals surface area contributed by atoms with Crippen molar-refractivity contribution in [3.05, 3.63) is 34.8 Å². The molecule has 0 radical (unpaired) electrons. The summed E-state index contributed by atoms with van der Waals surface area (Å²) in [6.07, 6.45) is 0. The summed E-state index contributed by atoms with van der Waals surface area (Å²) in [5.74, 6) is -0.149. The lowest BCUT2D eigenvalue weighted by molar-refractivity contribution is 0.100. The van der Waals surface area contributed by atoms with E-state index in [1.807, 2.05) is 5.38 Å². The molecule has 0 saturated carbocycles. The van der Waals surface area contributed by atoms with Crippen molar-refractivity contribution in [3.63, 3.8) is 0 Å². The molecule has 0 bridgehead atoms. The summed E-state index contributed by atoms with van der Waals surface area (Å²) in [5.41, 5.74) is 13.5. The fourth-order valence-corrected chi connectivity index (χ4v) is 2.48. The molecule has 1 aromatic heterocycles. The molecule has 1 heterocycles. The van der Waals surface area contributed by atoms with Crippen molar-refractivity contribution < 1.29 is 4.79 Å². The second-order valence-electron chi connectivity index (χ2n) is 4.53. The molecular formula is C13H16N4OS. The lowest BCUT2D eigenvalue weighted by atomic mass is 10.1. The number of amides is 1. The summed E-state index contributed by atoms with van der Waals surface area (Å²) in [4.78, 5) is 15.8.